The molecule has 3 rings (SSSR count). The summed E-state index contributed by atoms with van der Waals surface area (Å²) in [6.45, 7) is 8.04. The zero-order valence-electron chi connectivity index (χ0n) is 17.2. The van der Waals surface area contributed by atoms with Gasteiger partial charge in [0.25, 0.3) is 0 Å². The fourth-order valence-electron chi connectivity index (χ4n) is 3.86. The molecule has 0 saturated carbocycles. The molecule has 0 radical (unpaired) electrons. The minimum absolute atomic E-state index is 0.0499. The molecule has 0 spiro atoms. The first kappa shape index (κ1) is 20.6. The Balaban J connectivity index is 1.70. The lowest BCUT2D eigenvalue weighted by atomic mass is 9.73. The van der Waals surface area contributed by atoms with Gasteiger partial charge in [0.05, 0.1) is 5.41 Å². The van der Waals surface area contributed by atoms with Gasteiger partial charge in [0.15, 0.2) is 0 Å². The van der Waals surface area contributed by atoms with Crippen LogP contribution in [-0.4, -0.2) is 25.7 Å². The number of amides is 1. The summed E-state index contributed by atoms with van der Waals surface area (Å²) in [4.78, 5) is 13.3. The summed E-state index contributed by atoms with van der Waals surface area (Å²) in [5.74, 6) is 0.543. The van der Waals surface area contributed by atoms with Gasteiger partial charge >= 0.3 is 0 Å². The summed E-state index contributed by atoms with van der Waals surface area (Å²) < 4.78 is 5.54. The van der Waals surface area contributed by atoms with Crippen LogP contribution in [0.4, 0.5) is 0 Å². The van der Waals surface area contributed by atoms with Gasteiger partial charge in [-0.15, -0.1) is 0 Å². The van der Waals surface area contributed by atoms with E-state index in [0.717, 1.165) is 11.1 Å². The first-order chi connectivity index (χ1) is 13.4. The van der Waals surface area contributed by atoms with E-state index in [1.165, 1.54) is 11.1 Å². The molecule has 1 aliphatic heterocycles. The zero-order valence-corrected chi connectivity index (χ0v) is 17.2. The molecule has 1 aliphatic rings. The fourth-order valence-corrected chi connectivity index (χ4v) is 3.86. The number of nitrogens with one attached hydrogen (secondary N) is 1. The molecule has 2 aromatic rings. The number of aryl methyl sites for hydroxylation is 1. The summed E-state index contributed by atoms with van der Waals surface area (Å²) in [5, 5.41) is 3.12. The molecule has 150 valence electrons. The maximum absolute atomic E-state index is 13.3. The predicted molar refractivity (Wildman–Crippen MR) is 113 cm³/mol. The molecule has 4 nitrogen and oxygen atoms in total. The summed E-state index contributed by atoms with van der Waals surface area (Å²) in [7, 11) is 0. The molecule has 4 heteroatoms. The van der Waals surface area contributed by atoms with Gasteiger partial charge in [0, 0.05) is 25.8 Å². The quantitative estimate of drug-likeness (QED) is 0.797. The normalized spacial score (nSPS) is 17.3. The van der Waals surface area contributed by atoms with E-state index in [4.69, 9.17) is 10.5 Å². The predicted octanol–water partition coefficient (Wildman–Crippen LogP) is 3.98. The highest BCUT2D eigenvalue weighted by Crippen LogP contribution is 2.35. The van der Waals surface area contributed by atoms with Crippen molar-refractivity contribution in [1.82, 2.24) is 5.32 Å². The third-order valence-electron chi connectivity index (χ3n) is 5.90. The Bertz CT molecular complexity index is 775. The van der Waals surface area contributed by atoms with Gasteiger partial charge in [-0.1, -0.05) is 67.9 Å². The van der Waals surface area contributed by atoms with Crippen molar-refractivity contribution in [2.45, 2.75) is 51.0 Å². The van der Waals surface area contributed by atoms with E-state index in [1.807, 2.05) is 0 Å². The monoisotopic (exact) mass is 380 g/mol. The Labute approximate surface area is 168 Å². The maximum Gasteiger partial charge on any atom is 0.230 e. The molecule has 1 amide bonds. The van der Waals surface area contributed by atoms with Gasteiger partial charge in [-0.3, -0.25) is 4.79 Å². The molecule has 1 fully saturated rings. The van der Waals surface area contributed by atoms with E-state index >= 15 is 0 Å². The van der Waals surface area contributed by atoms with E-state index in [0.29, 0.717) is 38.5 Å². The Hall–Kier alpha value is -2.17. The molecule has 1 unspecified atom stereocenters. The molecular formula is C24H32N2O2. The number of hydrogen-bond donors (Lipinski definition) is 2. The van der Waals surface area contributed by atoms with Crippen LogP contribution >= 0.6 is 0 Å². The second kappa shape index (κ2) is 8.89. The fraction of sp³-hybridized carbons (Fsp3) is 0.458. The van der Waals surface area contributed by atoms with Crippen molar-refractivity contribution in [3.63, 3.8) is 0 Å². The van der Waals surface area contributed by atoms with Crippen molar-refractivity contribution in [1.29, 1.82) is 0 Å². The number of rotatable bonds is 6. The lowest BCUT2D eigenvalue weighted by Crippen LogP contribution is -2.49. The molecule has 0 aliphatic carbocycles. The van der Waals surface area contributed by atoms with Gasteiger partial charge < -0.3 is 15.8 Å². The van der Waals surface area contributed by atoms with Crippen LogP contribution in [-0.2, 0) is 14.9 Å². The number of carbonyl (C=O) groups excluding carboxylic acids is 1. The van der Waals surface area contributed by atoms with Gasteiger partial charge in [-0.05, 0) is 42.4 Å². The smallest absolute Gasteiger partial charge is 0.230 e. The van der Waals surface area contributed by atoms with E-state index in [2.05, 4.69) is 74.6 Å². The molecule has 1 atom stereocenters. The highest BCUT2D eigenvalue weighted by molar-refractivity contribution is 5.88. The zero-order chi connectivity index (χ0) is 20.1. The standard InChI is InChI=1S/C24H32N2O2/c1-17(2)19-6-8-20(9-7-19)22(25)16-26-23(27)24(12-14-28-15-13-24)21-10-4-18(3)5-11-21/h4-11,17,22H,12-16,25H2,1-3H3,(H,26,27). The average Bonchev–Trinajstić information content (AvgIpc) is 2.72. The lowest BCUT2D eigenvalue weighted by Gasteiger charge is -2.36. The molecule has 1 saturated heterocycles. The lowest BCUT2D eigenvalue weighted by molar-refractivity contribution is -0.130. The van der Waals surface area contributed by atoms with Gasteiger partial charge in [0.2, 0.25) is 5.91 Å². The van der Waals surface area contributed by atoms with Crippen LogP contribution in [0.1, 0.15) is 60.9 Å². The molecule has 28 heavy (non-hydrogen) atoms. The Morgan fingerprint density at radius 1 is 1.04 bits per heavy atom. The van der Waals surface area contributed by atoms with Crippen molar-refractivity contribution in [2.75, 3.05) is 19.8 Å². The van der Waals surface area contributed by atoms with Crippen molar-refractivity contribution in [3.05, 3.63) is 70.8 Å². The van der Waals surface area contributed by atoms with Crippen molar-refractivity contribution in [3.8, 4) is 0 Å². The van der Waals surface area contributed by atoms with E-state index in [9.17, 15) is 4.79 Å². The van der Waals surface area contributed by atoms with Crippen LogP contribution in [0.3, 0.4) is 0 Å². The van der Waals surface area contributed by atoms with Crippen LogP contribution < -0.4 is 11.1 Å². The van der Waals surface area contributed by atoms with Crippen LogP contribution in [0.5, 0.6) is 0 Å². The van der Waals surface area contributed by atoms with E-state index in [-0.39, 0.29) is 11.9 Å². The van der Waals surface area contributed by atoms with Crippen molar-refractivity contribution in [2.24, 2.45) is 5.73 Å². The SMILES string of the molecule is Cc1ccc(C2(C(=O)NCC(N)c3ccc(C(C)C)cc3)CCOCC2)cc1. The second-order valence-corrected chi connectivity index (χ2v) is 8.20. The number of nitrogens with two attached hydrogens (primary N) is 1. The van der Waals surface area contributed by atoms with Crippen molar-refractivity contribution < 1.29 is 9.53 Å². The molecule has 3 N–H and O–H groups in total. The number of benzene rings is 2. The van der Waals surface area contributed by atoms with Gasteiger partial charge in [-0.2, -0.15) is 0 Å². The van der Waals surface area contributed by atoms with Crippen LogP contribution in [0.15, 0.2) is 48.5 Å². The van der Waals surface area contributed by atoms with Crippen LogP contribution in [0.25, 0.3) is 0 Å². The second-order valence-electron chi connectivity index (χ2n) is 8.20. The minimum atomic E-state index is -0.535. The third-order valence-corrected chi connectivity index (χ3v) is 5.90. The topological polar surface area (TPSA) is 64.4 Å². The Kier molecular flexibility index (Phi) is 6.53. The number of ether oxygens (including phenoxy) is 1. The summed E-state index contributed by atoms with van der Waals surface area (Å²) in [6, 6.07) is 16.4. The van der Waals surface area contributed by atoms with E-state index in [1.54, 1.807) is 0 Å². The molecule has 0 aromatic heterocycles. The number of carbonyl (C=O) groups is 1. The van der Waals surface area contributed by atoms with Crippen molar-refractivity contribution >= 4 is 5.91 Å². The first-order valence-corrected chi connectivity index (χ1v) is 10.2. The third kappa shape index (κ3) is 4.45. The van der Waals surface area contributed by atoms with Gasteiger partial charge in [0.1, 0.15) is 0 Å². The summed E-state index contributed by atoms with van der Waals surface area (Å²) in [5.41, 5.74) is 10.4. The summed E-state index contributed by atoms with van der Waals surface area (Å²) >= 11 is 0. The maximum atomic E-state index is 13.3. The Morgan fingerprint density at radius 2 is 1.61 bits per heavy atom. The summed E-state index contributed by atoms with van der Waals surface area (Å²) in [6.07, 6.45) is 1.39. The molecule has 0 bridgehead atoms. The van der Waals surface area contributed by atoms with E-state index < -0.39 is 5.41 Å². The molecule has 2 aromatic carbocycles. The molecular weight excluding hydrogens is 348 g/mol. The average molecular weight is 381 g/mol. The highest BCUT2D eigenvalue weighted by atomic mass is 16.5. The van der Waals surface area contributed by atoms with Gasteiger partial charge in [-0.25, -0.2) is 0 Å². The first-order valence-electron chi connectivity index (χ1n) is 10.2. The largest absolute Gasteiger partial charge is 0.381 e. The Morgan fingerprint density at radius 3 is 2.18 bits per heavy atom. The number of hydrogen-bond acceptors (Lipinski definition) is 3. The van der Waals surface area contributed by atoms with Crippen LogP contribution in [0.2, 0.25) is 0 Å². The molecule has 1 heterocycles. The minimum Gasteiger partial charge on any atom is -0.381 e. The van der Waals surface area contributed by atoms with Crippen LogP contribution in [0, 0.1) is 6.92 Å². The highest BCUT2D eigenvalue weighted by Gasteiger charge is 2.41.